The lowest BCUT2D eigenvalue weighted by Gasteiger charge is -2.10. The lowest BCUT2D eigenvalue weighted by atomic mass is 10.2. The number of methoxy groups -OCH3 is 1. The number of hydrogen-bond acceptors (Lipinski definition) is 4. The molecule has 0 radical (unpaired) electrons. The van der Waals surface area contributed by atoms with E-state index in [1.54, 1.807) is 6.07 Å². The van der Waals surface area contributed by atoms with Gasteiger partial charge < -0.3 is 14.6 Å². The number of benzene rings is 1. The summed E-state index contributed by atoms with van der Waals surface area (Å²) in [7, 11) is 1.51. The van der Waals surface area contributed by atoms with E-state index in [-0.39, 0.29) is 18.2 Å². The van der Waals surface area contributed by atoms with Crippen LogP contribution in [0.25, 0.3) is 0 Å². The molecule has 0 aliphatic rings. The zero-order valence-corrected chi connectivity index (χ0v) is 12.2. The zero-order valence-electron chi connectivity index (χ0n) is 12.2. The lowest BCUT2D eigenvalue weighted by Crippen LogP contribution is -2.04. The first-order chi connectivity index (χ1) is 10.0. The van der Waals surface area contributed by atoms with E-state index < -0.39 is 5.97 Å². The molecule has 0 aliphatic carbocycles. The quantitative estimate of drug-likeness (QED) is 0.885. The van der Waals surface area contributed by atoms with Crippen LogP contribution in [0.5, 0.6) is 11.5 Å². The molecule has 1 aromatic carbocycles. The van der Waals surface area contributed by atoms with Gasteiger partial charge in [-0.2, -0.15) is 5.10 Å². The summed E-state index contributed by atoms with van der Waals surface area (Å²) < 4.78 is 12.6. The number of carbonyl (C=O) groups is 1. The van der Waals surface area contributed by atoms with Crippen molar-refractivity contribution in [1.29, 1.82) is 0 Å². The molecular formula is C15H18N2O4. The highest BCUT2D eigenvalue weighted by Gasteiger charge is 2.11. The van der Waals surface area contributed by atoms with Gasteiger partial charge in [0.05, 0.1) is 18.4 Å². The van der Waals surface area contributed by atoms with Gasteiger partial charge in [0.15, 0.2) is 11.5 Å². The average Bonchev–Trinajstić information content (AvgIpc) is 2.93. The molecule has 0 fully saturated rings. The molecule has 6 heteroatoms. The van der Waals surface area contributed by atoms with Crippen LogP contribution in [0.2, 0.25) is 0 Å². The van der Waals surface area contributed by atoms with Crippen LogP contribution >= 0.6 is 0 Å². The van der Waals surface area contributed by atoms with Gasteiger partial charge in [-0.05, 0) is 38.1 Å². The molecule has 1 heterocycles. The monoisotopic (exact) mass is 290 g/mol. The number of hydrogen-bond donors (Lipinski definition) is 1. The van der Waals surface area contributed by atoms with Crippen LogP contribution in [0, 0.1) is 0 Å². The number of nitrogens with zero attached hydrogens (tertiary/aromatic N) is 2. The van der Waals surface area contributed by atoms with E-state index in [9.17, 15) is 4.79 Å². The maximum absolute atomic E-state index is 11.0. The summed E-state index contributed by atoms with van der Waals surface area (Å²) in [5.41, 5.74) is 0.921. The second kappa shape index (κ2) is 6.30. The number of carboxylic acids is 1. The third-order valence-electron chi connectivity index (χ3n) is 2.98. The normalized spacial score (nSPS) is 10.7. The Kier molecular flexibility index (Phi) is 4.47. The van der Waals surface area contributed by atoms with Crippen molar-refractivity contribution in [3.63, 3.8) is 0 Å². The van der Waals surface area contributed by atoms with E-state index in [1.165, 1.54) is 19.2 Å². The van der Waals surface area contributed by atoms with E-state index in [0.717, 1.165) is 5.69 Å². The maximum atomic E-state index is 11.0. The molecule has 0 amide bonds. The Morgan fingerprint density at radius 3 is 2.67 bits per heavy atom. The first-order valence-corrected chi connectivity index (χ1v) is 6.59. The largest absolute Gasteiger partial charge is 0.493 e. The van der Waals surface area contributed by atoms with Gasteiger partial charge >= 0.3 is 5.97 Å². The van der Waals surface area contributed by atoms with Gasteiger partial charge in [0.2, 0.25) is 0 Å². The fourth-order valence-electron chi connectivity index (χ4n) is 1.82. The van der Waals surface area contributed by atoms with Crippen LogP contribution in [0.3, 0.4) is 0 Å². The summed E-state index contributed by atoms with van der Waals surface area (Å²) in [6, 6.07) is 6.64. The van der Waals surface area contributed by atoms with E-state index in [0.29, 0.717) is 11.5 Å². The Morgan fingerprint density at radius 1 is 1.33 bits per heavy atom. The van der Waals surface area contributed by atoms with Crippen LogP contribution in [0.15, 0.2) is 30.5 Å². The van der Waals surface area contributed by atoms with E-state index in [1.807, 2.05) is 30.8 Å². The molecule has 0 saturated carbocycles. The molecule has 112 valence electrons. The van der Waals surface area contributed by atoms with Gasteiger partial charge in [-0.15, -0.1) is 0 Å². The van der Waals surface area contributed by atoms with Gasteiger partial charge in [-0.1, -0.05) is 0 Å². The van der Waals surface area contributed by atoms with Crippen LogP contribution in [-0.2, 0) is 6.61 Å². The van der Waals surface area contributed by atoms with Crippen LogP contribution in [-0.4, -0.2) is 28.0 Å². The molecule has 0 aliphatic heterocycles. The van der Waals surface area contributed by atoms with Gasteiger partial charge in [-0.25, -0.2) is 4.79 Å². The van der Waals surface area contributed by atoms with Crippen LogP contribution in [0.4, 0.5) is 0 Å². The van der Waals surface area contributed by atoms with Crippen molar-refractivity contribution in [3.05, 3.63) is 41.7 Å². The average molecular weight is 290 g/mol. The molecule has 0 spiro atoms. The number of carboxylic acid groups (broad SMARTS) is 1. The third kappa shape index (κ3) is 3.53. The van der Waals surface area contributed by atoms with E-state index in [4.69, 9.17) is 14.6 Å². The number of rotatable bonds is 6. The topological polar surface area (TPSA) is 73.6 Å². The minimum atomic E-state index is -1.01. The van der Waals surface area contributed by atoms with Crippen molar-refractivity contribution in [3.8, 4) is 11.5 Å². The number of ether oxygens (including phenoxy) is 2. The molecule has 0 unspecified atom stereocenters. The fraction of sp³-hybridized carbons (Fsp3) is 0.333. The smallest absolute Gasteiger partial charge is 0.335 e. The predicted octanol–water partition coefficient (Wildman–Crippen LogP) is 2.75. The molecule has 1 N–H and O–H groups in total. The Hall–Kier alpha value is -2.50. The first kappa shape index (κ1) is 14.9. The van der Waals surface area contributed by atoms with Gasteiger partial charge in [0.25, 0.3) is 0 Å². The van der Waals surface area contributed by atoms with Crippen LogP contribution < -0.4 is 9.47 Å². The predicted molar refractivity (Wildman–Crippen MR) is 76.9 cm³/mol. The van der Waals surface area contributed by atoms with Crippen molar-refractivity contribution in [2.75, 3.05) is 7.11 Å². The summed E-state index contributed by atoms with van der Waals surface area (Å²) in [5, 5.41) is 13.4. The molecule has 21 heavy (non-hydrogen) atoms. The molecule has 6 nitrogen and oxygen atoms in total. The Balaban J connectivity index is 2.14. The van der Waals surface area contributed by atoms with Crippen molar-refractivity contribution in [1.82, 2.24) is 9.78 Å². The van der Waals surface area contributed by atoms with Crippen molar-refractivity contribution >= 4 is 5.97 Å². The van der Waals surface area contributed by atoms with Crippen LogP contribution in [0.1, 0.15) is 35.9 Å². The minimum absolute atomic E-state index is 0.151. The Labute approximate surface area is 122 Å². The molecule has 0 atom stereocenters. The zero-order chi connectivity index (χ0) is 15.4. The summed E-state index contributed by atoms with van der Waals surface area (Å²) in [6.07, 6.45) is 1.88. The third-order valence-corrected chi connectivity index (χ3v) is 2.98. The first-order valence-electron chi connectivity index (χ1n) is 6.59. The molecule has 2 aromatic rings. The molecule has 0 saturated heterocycles. The highest BCUT2D eigenvalue weighted by atomic mass is 16.5. The molecular weight excluding hydrogens is 272 g/mol. The Morgan fingerprint density at radius 2 is 2.10 bits per heavy atom. The van der Waals surface area contributed by atoms with Crippen molar-refractivity contribution in [2.24, 2.45) is 0 Å². The maximum Gasteiger partial charge on any atom is 0.335 e. The van der Waals surface area contributed by atoms with Gasteiger partial charge in [-0.3, -0.25) is 4.68 Å². The second-order valence-corrected chi connectivity index (χ2v) is 4.84. The highest BCUT2D eigenvalue weighted by molar-refractivity contribution is 5.88. The summed E-state index contributed by atoms with van der Waals surface area (Å²) >= 11 is 0. The van der Waals surface area contributed by atoms with Crippen molar-refractivity contribution in [2.45, 2.75) is 26.5 Å². The summed E-state index contributed by atoms with van der Waals surface area (Å²) in [4.78, 5) is 11.0. The number of aromatic nitrogens is 2. The second-order valence-electron chi connectivity index (χ2n) is 4.84. The molecule has 1 aromatic heterocycles. The van der Waals surface area contributed by atoms with Crippen molar-refractivity contribution < 1.29 is 19.4 Å². The number of aromatic carboxylic acids is 1. The van der Waals surface area contributed by atoms with Gasteiger partial charge in [0, 0.05) is 12.2 Å². The lowest BCUT2D eigenvalue weighted by molar-refractivity contribution is 0.0696. The highest BCUT2D eigenvalue weighted by Crippen LogP contribution is 2.28. The molecule has 0 bridgehead atoms. The Bertz CT molecular complexity index is 634. The fourth-order valence-corrected chi connectivity index (χ4v) is 1.82. The van der Waals surface area contributed by atoms with E-state index in [2.05, 4.69) is 5.10 Å². The van der Waals surface area contributed by atoms with E-state index >= 15 is 0 Å². The molecule has 2 rings (SSSR count). The standard InChI is InChI=1S/C15H18N2O4/c1-10(2)17-7-6-12(16-17)9-21-14-8-11(15(18)19)4-5-13(14)20-3/h4-8,10H,9H2,1-3H3,(H,18,19). The minimum Gasteiger partial charge on any atom is -0.493 e. The summed E-state index contributed by atoms with van der Waals surface area (Å²) in [5.74, 6) is -0.133. The summed E-state index contributed by atoms with van der Waals surface area (Å²) in [6.45, 7) is 4.33. The van der Waals surface area contributed by atoms with Gasteiger partial charge in [0.1, 0.15) is 6.61 Å². The SMILES string of the molecule is COc1ccc(C(=O)O)cc1OCc1ccn(C(C)C)n1.